The van der Waals surface area contributed by atoms with Gasteiger partial charge in [0.25, 0.3) is 0 Å². The third-order valence-electron chi connectivity index (χ3n) is 3.08. The molecule has 1 aliphatic rings. The Balaban J connectivity index is 2.03. The van der Waals surface area contributed by atoms with Crippen molar-refractivity contribution in [2.45, 2.75) is 25.3 Å². The first-order valence-corrected chi connectivity index (χ1v) is 5.82. The van der Waals surface area contributed by atoms with E-state index in [4.69, 9.17) is 5.73 Å². The van der Waals surface area contributed by atoms with Crippen molar-refractivity contribution >= 4 is 0 Å². The molecule has 88 valence electrons. The highest BCUT2D eigenvalue weighted by atomic mass is 19.1. The van der Waals surface area contributed by atoms with Crippen LogP contribution in [0.4, 0.5) is 4.39 Å². The van der Waals surface area contributed by atoms with Gasteiger partial charge in [0.1, 0.15) is 11.6 Å². The zero-order chi connectivity index (χ0) is 11.8. The lowest BCUT2D eigenvalue weighted by Crippen LogP contribution is -1.99. The van der Waals surface area contributed by atoms with Gasteiger partial charge >= 0.3 is 0 Å². The van der Waals surface area contributed by atoms with Gasteiger partial charge in [-0.25, -0.2) is 9.37 Å². The SMILES string of the molecule is NCc1[nH]c(-c2cccc(F)c2)nc1C1CC1. The standard InChI is InChI=1S/C13H14FN3/c14-10-3-1-2-9(6-10)13-16-11(7-15)12(17-13)8-4-5-8/h1-3,6,8H,4-5,7,15H2,(H,16,17). The molecule has 0 unspecified atom stereocenters. The predicted molar refractivity (Wildman–Crippen MR) is 63.8 cm³/mol. The van der Waals surface area contributed by atoms with Crippen LogP contribution < -0.4 is 5.73 Å². The minimum atomic E-state index is -0.249. The normalized spacial score (nSPS) is 15.2. The Bertz CT molecular complexity index is 543. The highest BCUT2D eigenvalue weighted by Crippen LogP contribution is 2.41. The Morgan fingerprint density at radius 3 is 2.88 bits per heavy atom. The predicted octanol–water partition coefficient (Wildman–Crippen LogP) is 2.55. The molecule has 0 bridgehead atoms. The number of imidazole rings is 1. The van der Waals surface area contributed by atoms with Crippen LogP contribution in [0.25, 0.3) is 11.4 Å². The van der Waals surface area contributed by atoms with Gasteiger partial charge in [0.15, 0.2) is 0 Å². The minimum Gasteiger partial charge on any atom is -0.341 e. The van der Waals surface area contributed by atoms with E-state index in [0.717, 1.165) is 17.0 Å². The largest absolute Gasteiger partial charge is 0.341 e. The molecule has 3 N–H and O–H groups in total. The lowest BCUT2D eigenvalue weighted by atomic mass is 10.2. The number of hydrogen-bond donors (Lipinski definition) is 2. The molecule has 1 aromatic heterocycles. The number of nitrogens with zero attached hydrogens (tertiary/aromatic N) is 1. The molecule has 1 fully saturated rings. The first-order chi connectivity index (χ1) is 8.28. The quantitative estimate of drug-likeness (QED) is 0.852. The maximum absolute atomic E-state index is 13.1. The van der Waals surface area contributed by atoms with Gasteiger partial charge in [-0.2, -0.15) is 0 Å². The maximum atomic E-state index is 13.1. The van der Waals surface area contributed by atoms with E-state index in [-0.39, 0.29) is 5.82 Å². The smallest absolute Gasteiger partial charge is 0.137 e. The summed E-state index contributed by atoms with van der Waals surface area (Å²) < 4.78 is 13.1. The molecule has 0 spiro atoms. The third-order valence-corrected chi connectivity index (χ3v) is 3.08. The molecule has 4 heteroatoms. The molecule has 17 heavy (non-hydrogen) atoms. The molecule has 3 nitrogen and oxygen atoms in total. The van der Waals surface area contributed by atoms with Crippen molar-refractivity contribution in [3.8, 4) is 11.4 Å². The highest BCUT2D eigenvalue weighted by Gasteiger charge is 2.29. The van der Waals surface area contributed by atoms with Crippen LogP contribution >= 0.6 is 0 Å². The van der Waals surface area contributed by atoms with Crippen molar-refractivity contribution in [2.75, 3.05) is 0 Å². The Morgan fingerprint density at radius 2 is 2.24 bits per heavy atom. The first-order valence-electron chi connectivity index (χ1n) is 5.82. The molecule has 1 aromatic carbocycles. The van der Waals surface area contributed by atoms with E-state index >= 15 is 0 Å². The van der Waals surface area contributed by atoms with E-state index in [1.165, 1.54) is 25.0 Å². The van der Waals surface area contributed by atoms with E-state index in [0.29, 0.717) is 18.3 Å². The number of rotatable bonds is 3. The number of nitrogens with two attached hydrogens (primary N) is 1. The number of benzene rings is 1. The molecular weight excluding hydrogens is 217 g/mol. The molecule has 2 aromatic rings. The molecule has 1 heterocycles. The zero-order valence-corrected chi connectivity index (χ0v) is 9.41. The fraction of sp³-hybridized carbons (Fsp3) is 0.308. The monoisotopic (exact) mass is 231 g/mol. The van der Waals surface area contributed by atoms with Crippen molar-refractivity contribution in [1.82, 2.24) is 9.97 Å². The summed E-state index contributed by atoms with van der Waals surface area (Å²) >= 11 is 0. The zero-order valence-electron chi connectivity index (χ0n) is 9.41. The number of aromatic nitrogens is 2. The summed E-state index contributed by atoms with van der Waals surface area (Å²) in [6.45, 7) is 0.453. The summed E-state index contributed by atoms with van der Waals surface area (Å²) in [6, 6.07) is 6.44. The van der Waals surface area contributed by atoms with E-state index in [2.05, 4.69) is 9.97 Å². The van der Waals surface area contributed by atoms with E-state index in [1.54, 1.807) is 6.07 Å². The van der Waals surface area contributed by atoms with Gasteiger partial charge in [0.05, 0.1) is 11.4 Å². The molecule has 0 atom stereocenters. The fourth-order valence-corrected chi connectivity index (χ4v) is 2.05. The van der Waals surface area contributed by atoms with E-state index in [9.17, 15) is 4.39 Å². The van der Waals surface area contributed by atoms with Crippen molar-refractivity contribution in [1.29, 1.82) is 0 Å². The Hall–Kier alpha value is -1.68. The van der Waals surface area contributed by atoms with Gasteiger partial charge in [0, 0.05) is 18.0 Å². The number of nitrogens with one attached hydrogen (secondary N) is 1. The Labute approximate surface area is 98.9 Å². The topological polar surface area (TPSA) is 54.7 Å². The molecule has 0 aliphatic heterocycles. The van der Waals surface area contributed by atoms with Gasteiger partial charge < -0.3 is 10.7 Å². The Morgan fingerprint density at radius 1 is 1.41 bits per heavy atom. The van der Waals surface area contributed by atoms with Gasteiger partial charge in [-0.15, -0.1) is 0 Å². The first kappa shape index (κ1) is 10.5. The van der Waals surface area contributed by atoms with Crippen LogP contribution in [-0.4, -0.2) is 9.97 Å². The van der Waals surface area contributed by atoms with Gasteiger partial charge in [0.2, 0.25) is 0 Å². The number of halogens is 1. The van der Waals surface area contributed by atoms with E-state index < -0.39 is 0 Å². The van der Waals surface area contributed by atoms with Gasteiger partial charge in [-0.05, 0) is 25.0 Å². The number of hydrogen-bond acceptors (Lipinski definition) is 2. The van der Waals surface area contributed by atoms with Crippen LogP contribution in [0, 0.1) is 5.82 Å². The minimum absolute atomic E-state index is 0.249. The summed E-state index contributed by atoms with van der Waals surface area (Å²) in [4.78, 5) is 7.75. The lowest BCUT2D eigenvalue weighted by molar-refractivity contribution is 0.628. The summed E-state index contributed by atoms with van der Waals surface area (Å²) in [7, 11) is 0. The molecule has 1 saturated carbocycles. The van der Waals surface area contributed by atoms with Crippen LogP contribution in [0.1, 0.15) is 30.1 Å². The fourth-order valence-electron chi connectivity index (χ4n) is 2.05. The van der Waals surface area contributed by atoms with E-state index in [1.807, 2.05) is 6.07 Å². The molecule has 3 rings (SSSR count). The molecular formula is C13H14FN3. The van der Waals surface area contributed by atoms with Gasteiger partial charge in [-0.3, -0.25) is 0 Å². The second kappa shape index (κ2) is 3.96. The highest BCUT2D eigenvalue weighted by molar-refractivity contribution is 5.56. The van der Waals surface area contributed by atoms with Gasteiger partial charge in [-0.1, -0.05) is 12.1 Å². The molecule has 0 saturated heterocycles. The van der Waals surface area contributed by atoms with Crippen LogP contribution in [0.5, 0.6) is 0 Å². The summed E-state index contributed by atoms with van der Waals surface area (Å²) in [5.41, 5.74) is 8.50. The Kier molecular flexibility index (Phi) is 2.44. The third kappa shape index (κ3) is 1.96. The average molecular weight is 231 g/mol. The number of H-pyrrole nitrogens is 1. The second-order valence-electron chi connectivity index (χ2n) is 4.44. The molecule has 1 aliphatic carbocycles. The number of aromatic amines is 1. The van der Waals surface area contributed by atoms with Crippen molar-refractivity contribution < 1.29 is 4.39 Å². The van der Waals surface area contributed by atoms with Crippen LogP contribution in [-0.2, 0) is 6.54 Å². The van der Waals surface area contributed by atoms with Crippen molar-refractivity contribution in [3.63, 3.8) is 0 Å². The average Bonchev–Trinajstić information content (AvgIpc) is 3.08. The second-order valence-corrected chi connectivity index (χ2v) is 4.44. The lowest BCUT2D eigenvalue weighted by Gasteiger charge is -1.96. The summed E-state index contributed by atoms with van der Waals surface area (Å²) in [6.07, 6.45) is 2.36. The van der Waals surface area contributed by atoms with Crippen molar-refractivity contribution in [2.24, 2.45) is 5.73 Å². The maximum Gasteiger partial charge on any atom is 0.137 e. The van der Waals surface area contributed by atoms with Crippen LogP contribution in [0.2, 0.25) is 0 Å². The molecule has 0 amide bonds. The van der Waals surface area contributed by atoms with Crippen molar-refractivity contribution in [3.05, 3.63) is 41.5 Å². The summed E-state index contributed by atoms with van der Waals surface area (Å²) in [5.74, 6) is 1.01. The molecule has 0 radical (unpaired) electrons. The summed E-state index contributed by atoms with van der Waals surface area (Å²) in [5, 5.41) is 0. The van der Waals surface area contributed by atoms with Crippen LogP contribution in [0.15, 0.2) is 24.3 Å². The van der Waals surface area contributed by atoms with Crippen LogP contribution in [0.3, 0.4) is 0 Å².